The van der Waals surface area contributed by atoms with Crippen molar-refractivity contribution >= 4 is 5.78 Å². The quantitative estimate of drug-likeness (QED) is 0.0567. The van der Waals surface area contributed by atoms with Gasteiger partial charge in [-0.05, 0) is 13.0 Å². The van der Waals surface area contributed by atoms with Crippen molar-refractivity contribution in [1.29, 1.82) is 0 Å². The molecule has 72 heavy (non-hydrogen) atoms. The highest BCUT2D eigenvalue weighted by Gasteiger charge is 2.57. The predicted molar refractivity (Wildman–Crippen MR) is 218 cm³/mol. The maximum Gasteiger partial charge on any atom is 0.187 e. The summed E-state index contributed by atoms with van der Waals surface area (Å²) in [5, 5.41) is 212. The standard InChI is InChI=1S/C40H66O32/c1-9(46)2-3-10(47)29-34(18(50)23(55)35(61)67-29)72-40-28(60)22(54)33(15(8-45)66-40)71-39-27(59)21(53)32(14(7-44)65-39)70-38-26(58)20(52)31(13(6-43)64-38)69-37-25(57)19(51)30(12(5-42)63-37)68-36-24(56)17(49)16(48)11(4-41)62-36/h3,11-45,47-61H,2,4-8H2,1H3/t11-,12-,13-,14-,15-,16-,17+,18-,19-,20-,21-,22-,23-,24-,25-,26-,27-,28-,29-,30-,31-,32-,33-,34+,35+,36-,37-,38-,39-,40-/m1/s1. The summed E-state index contributed by atoms with van der Waals surface area (Å²) in [5.41, 5.74) is 0. The van der Waals surface area contributed by atoms with Crippen LogP contribution in [0.3, 0.4) is 0 Å². The number of hydrogen-bond acceptors (Lipinski definition) is 32. The van der Waals surface area contributed by atoms with Crippen LogP contribution in [0.5, 0.6) is 0 Å². The lowest BCUT2D eigenvalue weighted by molar-refractivity contribution is -0.395. The molecule has 0 aromatic heterocycles. The number of ketones is 1. The summed E-state index contributed by atoms with van der Waals surface area (Å²) in [7, 11) is 0. The molecular weight excluding hydrogens is 992 g/mol. The van der Waals surface area contributed by atoms with Crippen molar-refractivity contribution in [1.82, 2.24) is 0 Å². The summed E-state index contributed by atoms with van der Waals surface area (Å²) in [6.45, 7) is -3.73. The van der Waals surface area contributed by atoms with Crippen LogP contribution in [0.15, 0.2) is 11.8 Å². The van der Waals surface area contributed by atoms with E-state index in [2.05, 4.69) is 0 Å². The van der Waals surface area contributed by atoms with E-state index in [4.69, 9.17) is 52.1 Å². The Labute approximate surface area is 407 Å². The predicted octanol–water partition coefficient (Wildman–Crippen LogP) is -12.7. The first-order chi connectivity index (χ1) is 34.0. The number of rotatable bonds is 18. The molecule has 0 spiro atoms. The number of Topliss-reactive ketones (excluding diaryl/α,β-unsaturated/α-hetero) is 1. The summed E-state index contributed by atoms with van der Waals surface area (Å²) >= 11 is 0. The molecule has 6 rings (SSSR count). The zero-order valence-electron chi connectivity index (χ0n) is 38.0. The molecule has 6 aliphatic heterocycles. The van der Waals surface area contributed by atoms with Gasteiger partial charge in [0.2, 0.25) is 0 Å². The second kappa shape index (κ2) is 25.4. The summed E-state index contributed by atoms with van der Waals surface area (Å²) in [5.74, 6) is -1.15. The van der Waals surface area contributed by atoms with Crippen molar-refractivity contribution in [2.75, 3.05) is 33.0 Å². The molecule has 0 aromatic rings. The Morgan fingerprint density at radius 2 is 0.653 bits per heavy atom. The van der Waals surface area contributed by atoms with Gasteiger partial charge in [-0.15, -0.1) is 0 Å². The molecule has 0 bridgehead atoms. The van der Waals surface area contributed by atoms with Crippen LogP contribution in [0.1, 0.15) is 13.3 Å². The molecule has 0 saturated carbocycles. The lowest BCUT2D eigenvalue weighted by Gasteiger charge is -2.49. The van der Waals surface area contributed by atoms with Gasteiger partial charge in [-0.1, -0.05) is 0 Å². The Hall–Kier alpha value is -1.99. The van der Waals surface area contributed by atoms with E-state index >= 15 is 0 Å². The lowest BCUT2D eigenvalue weighted by atomic mass is 9.95. The van der Waals surface area contributed by atoms with Crippen molar-refractivity contribution in [3.8, 4) is 0 Å². The fourth-order valence-electron chi connectivity index (χ4n) is 8.89. The molecular formula is C40H66O32. The van der Waals surface area contributed by atoms with Crippen molar-refractivity contribution in [2.45, 2.75) is 198 Å². The van der Waals surface area contributed by atoms with E-state index in [0.717, 1.165) is 6.08 Å². The van der Waals surface area contributed by atoms with E-state index < -0.39 is 229 Å². The molecule has 418 valence electrons. The molecule has 6 fully saturated rings. The Bertz CT molecular complexity index is 1730. The number of ether oxygens (including phenoxy) is 11. The lowest BCUT2D eigenvalue weighted by Crippen LogP contribution is -2.68. The summed E-state index contributed by atoms with van der Waals surface area (Å²) in [4.78, 5) is 11.5. The van der Waals surface area contributed by atoms with Gasteiger partial charge in [-0.3, -0.25) is 4.79 Å². The summed E-state index contributed by atoms with van der Waals surface area (Å²) in [6, 6.07) is 0. The molecule has 6 heterocycles. The van der Waals surface area contributed by atoms with Crippen LogP contribution in [0.2, 0.25) is 0 Å². The number of aliphatic hydroxyl groups excluding tert-OH is 20. The maximum absolute atomic E-state index is 11.5. The summed E-state index contributed by atoms with van der Waals surface area (Å²) < 4.78 is 60.9. The number of aliphatic hydroxyl groups is 20. The Morgan fingerprint density at radius 1 is 0.375 bits per heavy atom. The molecule has 32 heteroatoms. The monoisotopic (exact) mass is 1060 g/mol. The molecule has 30 atom stereocenters. The van der Waals surface area contributed by atoms with E-state index in [0.29, 0.717) is 0 Å². The highest BCUT2D eigenvalue weighted by atomic mass is 16.8. The SMILES string of the molecule is CC(=O)CC=C(O)[C@H]1O[C@H](O)[C@H](O)[C@@H](O)[C@@H]1O[C@H]1O[C@H](CO)[C@@H](O[C@H]2O[C@H](CO)[C@@H](O[C@H]3O[C@H](CO)[C@@H](O[C@H]4O[C@H](CO)[C@@H](O[C@H]5O[C@H](CO)[C@@H](O)[C@H](O)[C@H]5O)[C@H](O)[C@H]4O)[C@H](O)[C@H]3O)[C@H](O)[C@H]2O)[C@H](O)[C@H]1O. The molecule has 6 saturated heterocycles. The minimum atomic E-state index is -2.21. The normalized spacial score (nSPS) is 50.7. The third-order valence-corrected chi connectivity index (χ3v) is 13.0. The van der Waals surface area contributed by atoms with Crippen LogP contribution in [0, 0.1) is 0 Å². The molecule has 0 aromatic carbocycles. The molecule has 6 aliphatic rings. The number of carbonyl (C=O) groups excluding carboxylic acids is 1. The first-order valence-corrected chi connectivity index (χ1v) is 22.7. The van der Waals surface area contributed by atoms with Gasteiger partial charge < -0.3 is 154 Å². The third kappa shape index (κ3) is 12.4. The summed E-state index contributed by atoms with van der Waals surface area (Å²) in [6.07, 6.45) is -57.6. The second-order valence-electron chi connectivity index (χ2n) is 18.0. The van der Waals surface area contributed by atoms with Crippen LogP contribution in [-0.2, 0) is 56.9 Å². The van der Waals surface area contributed by atoms with Crippen LogP contribution < -0.4 is 0 Å². The molecule has 0 aliphatic carbocycles. The van der Waals surface area contributed by atoms with E-state index in [1.807, 2.05) is 0 Å². The van der Waals surface area contributed by atoms with Crippen molar-refractivity contribution in [2.24, 2.45) is 0 Å². The van der Waals surface area contributed by atoms with Gasteiger partial charge in [0.15, 0.2) is 37.7 Å². The second-order valence-corrected chi connectivity index (χ2v) is 18.0. The van der Waals surface area contributed by atoms with Crippen LogP contribution in [-0.4, -0.2) is 325 Å². The average molecular weight is 1060 g/mol. The van der Waals surface area contributed by atoms with Gasteiger partial charge in [0.05, 0.1) is 33.0 Å². The fourth-order valence-corrected chi connectivity index (χ4v) is 8.89. The van der Waals surface area contributed by atoms with Gasteiger partial charge in [0.25, 0.3) is 0 Å². The van der Waals surface area contributed by atoms with Gasteiger partial charge in [-0.25, -0.2) is 0 Å². The average Bonchev–Trinajstić information content (AvgIpc) is 3.36. The topological polar surface area (TPSA) is 523 Å². The van der Waals surface area contributed by atoms with E-state index in [1.165, 1.54) is 6.92 Å². The molecule has 32 nitrogen and oxygen atoms in total. The molecule has 0 unspecified atom stereocenters. The van der Waals surface area contributed by atoms with Gasteiger partial charge in [-0.2, -0.15) is 0 Å². The fraction of sp³-hybridized carbons (Fsp3) is 0.925. The van der Waals surface area contributed by atoms with Gasteiger partial charge in [0.1, 0.15) is 158 Å². The van der Waals surface area contributed by atoms with Crippen LogP contribution in [0.25, 0.3) is 0 Å². The number of carbonyl (C=O) groups is 1. The minimum Gasteiger partial charge on any atom is -0.510 e. The molecule has 0 radical (unpaired) electrons. The zero-order valence-corrected chi connectivity index (χ0v) is 38.0. The highest BCUT2D eigenvalue weighted by molar-refractivity contribution is 5.77. The smallest absolute Gasteiger partial charge is 0.187 e. The Kier molecular flexibility index (Phi) is 20.9. The number of allylic oxidation sites excluding steroid dienone is 1. The molecule has 0 amide bonds. The third-order valence-electron chi connectivity index (χ3n) is 13.0. The Balaban J connectivity index is 1.08. The maximum atomic E-state index is 11.5. The van der Waals surface area contributed by atoms with E-state index in [1.54, 1.807) is 0 Å². The first kappa shape index (κ1) is 59.3. The number of hydrogen-bond donors (Lipinski definition) is 20. The largest absolute Gasteiger partial charge is 0.510 e. The van der Waals surface area contributed by atoms with E-state index in [-0.39, 0.29) is 6.42 Å². The highest BCUT2D eigenvalue weighted by Crippen LogP contribution is 2.37. The zero-order chi connectivity index (χ0) is 53.2. The first-order valence-electron chi connectivity index (χ1n) is 22.7. The minimum absolute atomic E-state index is 0.333. The van der Waals surface area contributed by atoms with Crippen molar-refractivity contribution in [3.05, 3.63) is 11.8 Å². The van der Waals surface area contributed by atoms with Crippen LogP contribution in [0.4, 0.5) is 0 Å². The molecule has 20 N–H and O–H groups in total. The van der Waals surface area contributed by atoms with Gasteiger partial charge in [0, 0.05) is 6.42 Å². The van der Waals surface area contributed by atoms with E-state index in [9.17, 15) is 107 Å². The van der Waals surface area contributed by atoms with Crippen molar-refractivity contribution in [3.63, 3.8) is 0 Å². The van der Waals surface area contributed by atoms with Gasteiger partial charge >= 0.3 is 0 Å². The van der Waals surface area contributed by atoms with Crippen molar-refractivity contribution < 1.29 is 159 Å². The van der Waals surface area contributed by atoms with Crippen LogP contribution >= 0.6 is 0 Å². The Morgan fingerprint density at radius 3 is 0.958 bits per heavy atom.